The fraction of sp³-hybridized carbons (Fsp3) is 0.167. The minimum atomic E-state index is -4.50. The molecule has 2 amide bonds. The third kappa shape index (κ3) is 6.14. The van der Waals surface area contributed by atoms with Gasteiger partial charge in [0.05, 0.1) is 11.1 Å². The van der Waals surface area contributed by atoms with Crippen LogP contribution in [0.3, 0.4) is 0 Å². The number of halogens is 3. The van der Waals surface area contributed by atoms with E-state index in [1.54, 1.807) is 24.3 Å². The van der Waals surface area contributed by atoms with Crippen molar-refractivity contribution in [1.82, 2.24) is 0 Å². The first-order valence-corrected chi connectivity index (χ1v) is 7.67. The highest BCUT2D eigenvalue weighted by atomic mass is 19.4. The Morgan fingerprint density at radius 1 is 0.889 bits per heavy atom. The number of anilines is 2. The summed E-state index contributed by atoms with van der Waals surface area (Å²) in [4.78, 5) is 34.5. The van der Waals surface area contributed by atoms with E-state index in [1.165, 1.54) is 6.92 Å². The van der Waals surface area contributed by atoms with Gasteiger partial charge in [0.15, 0.2) is 6.61 Å². The zero-order valence-electron chi connectivity index (χ0n) is 14.1. The highest BCUT2D eigenvalue weighted by Crippen LogP contribution is 2.29. The van der Waals surface area contributed by atoms with Crippen LogP contribution in [0.2, 0.25) is 0 Å². The number of nitrogens with one attached hydrogen (secondary N) is 2. The first kappa shape index (κ1) is 20.0. The fourth-order valence-corrected chi connectivity index (χ4v) is 2.05. The van der Waals surface area contributed by atoms with Crippen molar-refractivity contribution in [2.45, 2.75) is 13.1 Å². The predicted molar refractivity (Wildman–Crippen MR) is 91.1 cm³/mol. The Morgan fingerprint density at radius 2 is 1.41 bits per heavy atom. The van der Waals surface area contributed by atoms with E-state index in [1.807, 2.05) is 0 Å². The number of hydrogen-bond donors (Lipinski definition) is 2. The lowest BCUT2D eigenvalue weighted by atomic mass is 10.1. The van der Waals surface area contributed by atoms with Gasteiger partial charge in [0, 0.05) is 18.3 Å². The van der Waals surface area contributed by atoms with Crippen LogP contribution in [0, 0.1) is 0 Å². The molecule has 0 unspecified atom stereocenters. The van der Waals surface area contributed by atoms with Crippen LogP contribution >= 0.6 is 0 Å². The molecule has 27 heavy (non-hydrogen) atoms. The topological polar surface area (TPSA) is 84.5 Å². The zero-order chi connectivity index (χ0) is 20.0. The van der Waals surface area contributed by atoms with Gasteiger partial charge in [-0.25, -0.2) is 4.79 Å². The van der Waals surface area contributed by atoms with Crippen LogP contribution in [-0.4, -0.2) is 24.4 Å². The molecule has 0 atom stereocenters. The summed E-state index contributed by atoms with van der Waals surface area (Å²) >= 11 is 0. The largest absolute Gasteiger partial charge is 0.452 e. The summed E-state index contributed by atoms with van der Waals surface area (Å²) in [6.07, 6.45) is -4.50. The standard InChI is InChI=1S/C18H15F3N2O4/c1-11(24)22-14-6-8-15(9-7-14)23-16(25)10-27-17(26)12-2-4-13(5-3-12)18(19,20)21/h2-9H,10H2,1H3,(H,22,24)(H,23,25). The lowest BCUT2D eigenvalue weighted by molar-refractivity contribution is -0.137. The van der Waals surface area contributed by atoms with Crippen LogP contribution in [0.5, 0.6) is 0 Å². The molecule has 0 spiro atoms. The van der Waals surface area contributed by atoms with Gasteiger partial charge >= 0.3 is 12.1 Å². The van der Waals surface area contributed by atoms with Crippen molar-refractivity contribution in [1.29, 1.82) is 0 Å². The molecule has 0 fully saturated rings. The number of ether oxygens (including phenoxy) is 1. The predicted octanol–water partition coefficient (Wildman–Crippen LogP) is 3.46. The van der Waals surface area contributed by atoms with Crippen LogP contribution in [0.1, 0.15) is 22.8 Å². The van der Waals surface area contributed by atoms with E-state index in [2.05, 4.69) is 10.6 Å². The molecule has 0 heterocycles. The van der Waals surface area contributed by atoms with Crippen LogP contribution in [-0.2, 0) is 20.5 Å². The SMILES string of the molecule is CC(=O)Nc1ccc(NC(=O)COC(=O)c2ccc(C(F)(F)F)cc2)cc1. The monoisotopic (exact) mass is 380 g/mol. The molecule has 142 valence electrons. The first-order chi connectivity index (χ1) is 12.6. The molecule has 0 bridgehead atoms. The van der Waals surface area contributed by atoms with Crippen molar-refractivity contribution in [3.8, 4) is 0 Å². The molecule has 0 aromatic heterocycles. The van der Waals surface area contributed by atoms with Crippen LogP contribution < -0.4 is 10.6 Å². The van der Waals surface area contributed by atoms with Crippen molar-refractivity contribution in [2.24, 2.45) is 0 Å². The normalized spacial score (nSPS) is 10.8. The lowest BCUT2D eigenvalue weighted by Crippen LogP contribution is -2.21. The van der Waals surface area contributed by atoms with Crippen LogP contribution in [0.4, 0.5) is 24.5 Å². The van der Waals surface area contributed by atoms with E-state index in [9.17, 15) is 27.6 Å². The number of rotatable bonds is 5. The molecule has 0 aliphatic rings. The van der Waals surface area contributed by atoms with Gasteiger partial charge in [-0.15, -0.1) is 0 Å². The molecular formula is C18H15F3N2O4. The zero-order valence-corrected chi connectivity index (χ0v) is 14.1. The number of alkyl halides is 3. The van der Waals surface area contributed by atoms with Gasteiger partial charge in [-0.3, -0.25) is 9.59 Å². The van der Waals surface area contributed by atoms with E-state index >= 15 is 0 Å². The summed E-state index contributed by atoms with van der Waals surface area (Å²) in [5.74, 6) is -1.77. The van der Waals surface area contributed by atoms with Gasteiger partial charge in [0.1, 0.15) is 0 Å². The van der Waals surface area contributed by atoms with Crippen molar-refractivity contribution in [3.63, 3.8) is 0 Å². The molecule has 0 radical (unpaired) electrons. The maximum Gasteiger partial charge on any atom is 0.416 e. The summed E-state index contributed by atoms with van der Waals surface area (Å²) < 4.78 is 42.2. The Hall–Kier alpha value is -3.36. The molecule has 0 aliphatic carbocycles. The molecule has 9 heteroatoms. The molecule has 0 saturated heterocycles. The van der Waals surface area contributed by atoms with Crippen LogP contribution in [0.25, 0.3) is 0 Å². The van der Waals surface area contributed by atoms with E-state index in [-0.39, 0.29) is 11.5 Å². The van der Waals surface area contributed by atoms with Crippen molar-refractivity contribution in [2.75, 3.05) is 17.2 Å². The van der Waals surface area contributed by atoms with E-state index in [0.717, 1.165) is 24.3 Å². The third-order valence-corrected chi connectivity index (χ3v) is 3.27. The maximum absolute atomic E-state index is 12.5. The smallest absolute Gasteiger partial charge is 0.416 e. The first-order valence-electron chi connectivity index (χ1n) is 7.67. The van der Waals surface area contributed by atoms with E-state index in [0.29, 0.717) is 11.4 Å². The minimum Gasteiger partial charge on any atom is -0.452 e. The Bertz CT molecular complexity index is 831. The summed E-state index contributed by atoms with van der Waals surface area (Å²) in [5, 5.41) is 5.05. The quantitative estimate of drug-likeness (QED) is 0.778. The summed E-state index contributed by atoms with van der Waals surface area (Å²) in [7, 11) is 0. The second-order valence-electron chi connectivity index (χ2n) is 5.46. The van der Waals surface area contributed by atoms with Crippen molar-refractivity contribution in [3.05, 3.63) is 59.7 Å². The van der Waals surface area contributed by atoms with Gasteiger partial charge in [0.2, 0.25) is 5.91 Å². The minimum absolute atomic E-state index is 0.101. The molecule has 2 N–H and O–H groups in total. The summed E-state index contributed by atoms with van der Waals surface area (Å²) in [5.41, 5.74) is -0.0242. The molecule has 0 aliphatic heterocycles. The Balaban J connectivity index is 1.86. The van der Waals surface area contributed by atoms with E-state index < -0.39 is 30.2 Å². The summed E-state index contributed by atoms with van der Waals surface area (Å²) in [6, 6.07) is 9.70. The van der Waals surface area contributed by atoms with Gasteiger partial charge in [0.25, 0.3) is 5.91 Å². The maximum atomic E-state index is 12.5. The molecule has 2 rings (SSSR count). The summed E-state index contributed by atoms with van der Waals surface area (Å²) in [6.45, 7) is 0.758. The molecule has 2 aromatic rings. The van der Waals surface area contributed by atoms with Gasteiger partial charge in [-0.1, -0.05) is 0 Å². The fourth-order valence-electron chi connectivity index (χ4n) is 2.05. The number of hydrogen-bond acceptors (Lipinski definition) is 4. The van der Waals surface area contributed by atoms with Crippen molar-refractivity contribution >= 4 is 29.2 Å². The van der Waals surface area contributed by atoms with Gasteiger partial charge in [-0.2, -0.15) is 13.2 Å². The van der Waals surface area contributed by atoms with Gasteiger partial charge in [-0.05, 0) is 48.5 Å². The Labute approximate surface area is 152 Å². The number of carbonyl (C=O) groups is 3. The Morgan fingerprint density at radius 3 is 1.89 bits per heavy atom. The second kappa shape index (κ2) is 8.35. The average molecular weight is 380 g/mol. The second-order valence-corrected chi connectivity index (χ2v) is 5.46. The number of carbonyl (C=O) groups excluding carboxylic acids is 3. The van der Waals surface area contributed by atoms with Crippen molar-refractivity contribution < 1.29 is 32.3 Å². The molecule has 2 aromatic carbocycles. The third-order valence-electron chi connectivity index (χ3n) is 3.27. The number of amides is 2. The average Bonchev–Trinajstić information content (AvgIpc) is 2.60. The van der Waals surface area contributed by atoms with Gasteiger partial charge < -0.3 is 15.4 Å². The lowest BCUT2D eigenvalue weighted by Gasteiger charge is -2.09. The molecular weight excluding hydrogens is 365 g/mol. The van der Waals surface area contributed by atoms with E-state index in [4.69, 9.17) is 4.74 Å². The number of benzene rings is 2. The number of esters is 1. The molecule has 0 saturated carbocycles. The van der Waals surface area contributed by atoms with Crippen LogP contribution in [0.15, 0.2) is 48.5 Å². The highest BCUT2D eigenvalue weighted by Gasteiger charge is 2.30. The molecule has 6 nitrogen and oxygen atoms in total. The Kier molecular flexibility index (Phi) is 6.17. The highest BCUT2D eigenvalue weighted by molar-refractivity contribution is 5.96.